The zero-order valence-electron chi connectivity index (χ0n) is 6.76. The minimum absolute atomic E-state index is 0.332. The molecule has 0 radical (unpaired) electrons. The third-order valence-corrected chi connectivity index (χ3v) is 1.33. The molecule has 0 aromatic carbocycles. The predicted molar refractivity (Wildman–Crippen MR) is 46.7 cm³/mol. The second-order valence-corrected chi connectivity index (χ2v) is 2.45. The SMILES string of the molecule is C/C=C/c1cc(C)cc([OH2+])n1. The number of hydrogen-bond donors (Lipinski definition) is 0. The van der Waals surface area contributed by atoms with Crippen molar-refractivity contribution in [1.29, 1.82) is 0 Å². The van der Waals surface area contributed by atoms with Crippen LogP contribution in [0.1, 0.15) is 18.2 Å². The monoisotopic (exact) mass is 150 g/mol. The van der Waals surface area contributed by atoms with E-state index in [0.717, 1.165) is 11.3 Å². The standard InChI is InChI=1S/C9H11NO/c1-3-4-8-5-7(2)6-9(11)10-8/h3-6H,1-2H3,(H,10,11)/p+1/b4-3+. The Labute approximate surface area is 66.2 Å². The van der Waals surface area contributed by atoms with Crippen LogP contribution in [0.4, 0.5) is 0 Å². The smallest absolute Gasteiger partial charge is 0.357 e. The van der Waals surface area contributed by atoms with Crippen LogP contribution in [0.5, 0.6) is 5.88 Å². The third kappa shape index (κ3) is 2.08. The maximum Gasteiger partial charge on any atom is 0.357 e. The lowest BCUT2D eigenvalue weighted by atomic mass is 10.2. The van der Waals surface area contributed by atoms with Gasteiger partial charge in [-0.3, -0.25) is 0 Å². The molecule has 0 unspecified atom stereocenters. The summed E-state index contributed by atoms with van der Waals surface area (Å²) in [6.45, 7) is 3.90. The third-order valence-electron chi connectivity index (χ3n) is 1.33. The molecule has 11 heavy (non-hydrogen) atoms. The number of pyridine rings is 1. The minimum Gasteiger partial charge on any atom is -0.579 e. The maximum absolute atomic E-state index is 7.31. The molecule has 0 aliphatic heterocycles. The predicted octanol–water partition coefficient (Wildman–Crippen LogP) is 1.86. The van der Waals surface area contributed by atoms with Crippen LogP contribution in [0, 0.1) is 6.92 Å². The maximum atomic E-state index is 7.31. The topological polar surface area (TPSA) is 35.8 Å². The van der Waals surface area contributed by atoms with Crippen LogP contribution in [0.15, 0.2) is 18.2 Å². The largest absolute Gasteiger partial charge is 0.579 e. The summed E-state index contributed by atoms with van der Waals surface area (Å²) in [6, 6.07) is 3.70. The molecule has 1 rings (SSSR count). The fraction of sp³-hybridized carbons (Fsp3) is 0.222. The lowest BCUT2D eigenvalue weighted by Gasteiger charge is -1.93. The van der Waals surface area contributed by atoms with Gasteiger partial charge in [0.2, 0.25) is 0 Å². The van der Waals surface area contributed by atoms with E-state index in [1.54, 1.807) is 6.07 Å². The van der Waals surface area contributed by atoms with Crippen molar-refractivity contribution in [3.05, 3.63) is 29.5 Å². The van der Waals surface area contributed by atoms with E-state index in [0.29, 0.717) is 5.88 Å². The first-order chi connectivity index (χ1) is 5.22. The molecule has 0 saturated heterocycles. The number of nitrogens with zero attached hydrogens (tertiary/aromatic N) is 1. The minimum atomic E-state index is 0.332. The molecule has 1 aromatic heterocycles. The molecule has 0 bridgehead atoms. The fourth-order valence-corrected chi connectivity index (χ4v) is 0.950. The Bertz CT molecular complexity index is 259. The highest BCUT2D eigenvalue weighted by molar-refractivity contribution is 5.46. The summed E-state index contributed by atoms with van der Waals surface area (Å²) in [6.07, 6.45) is 3.81. The highest BCUT2D eigenvalue weighted by Gasteiger charge is 1.97. The zero-order chi connectivity index (χ0) is 8.27. The van der Waals surface area contributed by atoms with E-state index in [9.17, 15) is 0 Å². The second-order valence-electron chi connectivity index (χ2n) is 2.45. The number of aryl methyl sites for hydroxylation is 1. The molecular weight excluding hydrogens is 138 g/mol. The van der Waals surface area contributed by atoms with E-state index in [4.69, 9.17) is 5.11 Å². The van der Waals surface area contributed by atoms with Gasteiger partial charge in [0.05, 0.1) is 11.8 Å². The van der Waals surface area contributed by atoms with E-state index in [1.165, 1.54) is 0 Å². The van der Waals surface area contributed by atoms with E-state index in [1.807, 2.05) is 32.1 Å². The van der Waals surface area contributed by atoms with Crippen LogP contribution >= 0.6 is 0 Å². The van der Waals surface area contributed by atoms with Crippen molar-refractivity contribution < 1.29 is 5.11 Å². The number of aromatic nitrogens is 1. The highest BCUT2D eigenvalue weighted by Crippen LogP contribution is 2.10. The van der Waals surface area contributed by atoms with Crippen molar-refractivity contribution in [3.8, 4) is 5.88 Å². The van der Waals surface area contributed by atoms with E-state index < -0.39 is 0 Å². The van der Waals surface area contributed by atoms with Crippen LogP contribution < -0.4 is 0 Å². The molecule has 0 aliphatic rings. The van der Waals surface area contributed by atoms with Crippen molar-refractivity contribution in [1.82, 2.24) is 4.98 Å². The second kappa shape index (κ2) is 3.19. The van der Waals surface area contributed by atoms with Gasteiger partial charge in [-0.1, -0.05) is 6.08 Å². The van der Waals surface area contributed by atoms with Crippen molar-refractivity contribution >= 4 is 6.08 Å². The van der Waals surface area contributed by atoms with Gasteiger partial charge in [-0.25, -0.2) is 0 Å². The van der Waals surface area contributed by atoms with Gasteiger partial charge in [0.25, 0.3) is 0 Å². The molecule has 0 atom stereocenters. The van der Waals surface area contributed by atoms with Gasteiger partial charge in [0, 0.05) is 0 Å². The van der Waals surface area contributed by atoms with Crippen LogP contribution in [-0.4, -0.2) is 10.1 Å². The van der Waals surface area contributed by atoms with Gasteiger partial charge in [0.1, 0.15) is 0 Å². The Kier molecular flexibility index (Phi) is 2.26. The van der Waals surface area contributed by atoms with Crippen LogP contribution in [0.2, 0.25) is 0 Å². The zero-order valence-corrected chi connectivity index (χ0v) is 6.76. The molecule has 1 aromatic rings. The molecule has 58 valence electrons. The first kappa shape index (κ1) is 7.79. The summed E-state index contributed by atoms with van der Waals surface area (Å²) in [5.41, 5.74) is 1.94. The molecule has 0 aliphatic carbocycles. The van der Waals surface area contributed by atoms with E-state index in [2.05, 4.69) is 4.98 Å². The number of hydrogen-bond acceptors (Lipinski definition) is 1. The Morgan fingerprint density at radius 2 is 2.18 bits per heavy atom. The normalized spacial score (nSPS) is 10.7. The van der Waals surface area contributed by atoms with Gasteiger partial charge in [-0.15, -0.1) is 0 Å². The van der Waals surface area contributed by atoms with Crippen LogP contribution in [-0.2, 0) is 0 Å². The number of allylic oxidation sites excluding steroid dienone is 1. The molecule has 2 N–H and O–H groups in total. The summed E-state index contributed by atoms with van der Waals surface area (Å²) >= 11 is 0. The lowest BCUT2D eigenvalue weighted by molar-refractivity contribution is 0.452. The van der Waals surface area contributed by atoms with Gasteiger partial charge < -0.3 is 5.11 Å². The molecule has 0 saturated carbocycles. The summed E-state index contributed by atoms with van der Waals surface area (Å²) < 4.78 is 0. The van der Waals surface area contributed by atoms with E-state index >= 15 is 0 Å². The van der Waals surface area contributed by atoms with Crippen molar-refractivity contribution in [2.24, 2.45) is 0 Å². The summed E-state index contributed by atoms with van der Waals surface area (Å²) in [7, 11) is 0. The van der Waals surface area contributed by atoms with Crippen LogP contribution in [0.25, 0.3) is 6.08 Å². The molecular formula is C9H12NO+. The molecule has 2 nitrogen and oxygen atoms in total. The molecule has 0 fully saturated rings. The van der Waals surface area contributed by atoms with Crippen molar-refractivity contribution in [2.75, 3.05) is 0 Å². The first-order valence-electron chi connectivity index (χ1n) is 3.55. The fourth-order valence-electron chi connectivity index (χ4n) is 0.950. The summed E-state index contributed by atoms with van der Waals surface area (Å²) in [4.78, 5) is 4.00. The molecule has 0 spiro atoms. The van der Waals surface area contributed by atoms with Gasteiger partial charge in [-0.2, -0.15) is 4.98 Å². The molecule has 1 heterocycles. The van der Waals surface area contributed by atoms with Crippen molar-refractivity contribution in [2.45, 2.75) is 13.8 Å². The van der Waals surface area contributed by atoms with Crippen LogP contribution in [0.3, 0.4) is 0 Å². The Balaban J connectivity index is 3.08. The van der Waals surface area contributed by atoms with Crippen molar-refractivity contribution in [3.63, 3.8) is 0 Å². The molecule has 0 amide bonds. The summed E-state index contributed by atoms with van der Waals surface area (Å²) in [5.74, 6) is 0.332. The van der Waals surface area contributed by atoms with Gasteiger partial charge in [-0.05, 0) is 31.6 Å². The average Bonchev–Trinajstić information content (AvgIpc) is 1.85. The quantitative estimate of drug-likeness (QED) is 0.563. The average molecular weight is 150 g/mol. The van der Waals surface area contributed by atoms with E-state index in [-0.39, 0.29) is 0 Å². The van der Waals surface area contributed by atoms with Gasteiger partial charge >= 0.3 is 5.88 Å². The molecule has 2 heteroatoms. The Hall–Kier alpha value is -1.31. The lowest BCUT2D eigenvalue weighted by Crippen LogP contribution is -1.82. The van der Waals surface area contributed by atoms with Gasteiger partial charge in [0.15, 0.2) is 0 Å². The summed E-state index contributed by atoms with van der Waals surface area (Å²) in [5, 5.41) is 7.31. The number of rotatable bonds is 1. The Morgan fingerprint density at radius 3 is 2.73 bits per heavy atom. The highest BCUT2D eigenvalue weighted by atomic mass is 16.3. The Morgan fingerprint density at radius 1 is 1.45 bits per heavy atom. The first-order valence-corrected chi connectivity index (χ1v) is 3.55.